The van der Waals surface area contributed by atoms with Gasteiger partial charge in [0.25, 0.3) is 0 Å². The number of aromatic nitrogens is 1. The van der Waals surface area contributed by atoms with Crippen molar-refractivity contribution in [2.75, 3.05) is 5.32 Å². The van der Waals surface area contributed by atoms with Crippen LogP contribution in [0.3, 0.4) is 0 Å². The third-order valence-corrected chi connectivity index (χ3v) is 2.68. The molecule has 2 aromatic rings. The number of benzene rings is 1. The van der Waals surface area contributed by atoms with Gasteiger partial charge in [0.1, 0.15) is 5.60 Å². The van der Waals surface area contributed by atoms with Crippen LogP contribution in [0.2, 0.25) is 0 Å². The molecule has 9 heteroatoms. The topological polar surface area (TPSA) is 102 Å². The van der Waals surface area contributed by atoms with Gasteiger partial charge in [-0.15, -0.1) is 0 Å². The van der Waals surface area contributed by atoms with Crippen LogP contribution in [0.1, 0.15) is 31.3 Å². The molecule has 0 saturated heterocycles. The highest BCUT2D eigenvalue weighted by Gasteiger charge is 2.21. The third kappa shape index (κ3) is 4.06. The van der Waals surface area contributed by atoms with Gasteiger partial charge in [-0.3, -0.25) is 5.32 Å². The minimum absolute atomic E-state index is 0.0000383. The van der Waals surface area contributed by atoms with E-state index in [9.17, 15) is 18.4 Å². The molecule has 0 aliphatic carbocycles. The van der Waals surface area contributed by atoms with Crippen LogP contribution in [-0.2, 0) is 4.74 Å². The van der Waals surface area contributed by atoms with Crippen LogP contribution in [0.5, 0.6) is 0 Å². The Kier molecular flexibility index (Phi) is 4.54. The fourth-order valence-corrected chi connectivity index (χ4v) is 1.75. The van der Waals surface area contributed by atoms with E-state index in [1.807, 2.05) is 0 Å². The molecule has 1 heterocycles. The van der Waals surface area contributed by atoms with E-state index in [1.54, 1.807) is 20.8 Å². The normalized spacial score (nSPS) is 11.2. The van der Waals surface area contributed by atoms with Crippen molar-refractivity contribution in [3.05, 3.63) is 35.5 Å². The third-order valence-electron chi connectivity index (χ3n) is 2.68. The van der Waals surface area contributed by atoms with Crippen LogP contribution < -0.4 is 5.32 Å². The molecular weight excluding hydrogens is 326 g/mol. The Morgan fingerprint density at radius 1 is 1.25 bits per heavy atom. The first-order chi connectivity index (χ1) is 11.1. The quantitative estimate of drug-likeness (QED) is 0.884. The lowest BCUT2D eigenvalue weighted by atomic mass is 10.1. The van der Waals surface area contributed by atoms with E-state index in [-0.39, 0.29) is 11.3 Å². The van der Waals surface area contributed by atoms with Crippen LogP contribution in [0, 0.1) is 11.6 Å². The number of carbonyl (C=O) groups is 2. The number of carboxylic acid groups (broad SMARTS) is 1. The van der Waals surface area contributed by atoms with Gasteiger partial charge < -0.3 is 14.4 Å². The van der Waals surface area contributed by atoms with E-state index >= 15 is 0 Å². The summed E-state index contributed by atoms with van der Waals surface area (Å²) in [5, 5.41) is 14.2. The largest absolute Gasteiger partial charge is 0.476 e. The Morgan fingerprint density at radius 2 is 1.92 bits per heavy atom. The molecule has 0 radical (unpaired) electrons. The van der Waals surface area contributed by atoms with E-state index in [0.29, 0.717) is 0 Å². The van der Waals surface area contributed by atoms with Crippen molar-refractivity contribution in [1.82, 2.24) is 5.16 Å². The number of halogens is 2. The van der Waals surface area contributed by atoms with Gasteiger partial charge in [0, 0.05) is 11.6 Å². The maximum Gasteiger partial charge on any atom is 0.412 e. The second-order valence-electron chi connectivity index (χ2n) is 5.83. The number of rotatable bonds is 3. The highest BCUT2D eigenvalue weighted by Crippen LogP contribution is 2.28. The molecule has 1 amide bonds. The van der Waals surface area contributed by atoms with Crippen molar-refractivity contribution < 1.29 is 32.7 Å². The molecule has 0 aliphatic rings. The minimum atomic E-state index is -1.33. The van der Waals surface area contributed by atoms with E-state index in [1.165, 1.54) is 0 Å². The second kappa shape index (κ2) is 6.26. The molecule has 0 aliphatic heterocycles. The summed E-state index contributed by atoms with van der Waals surface area (Å²) in [5.41, 5.74) is -1.69. The van der Waals surface area contributed by atoms with Gasteiger partial charge in [0.2, 0.25) is 0 Å². The van der Waals surface area contributed by atoms with Gasteiger partial charge in [-0.05, 0) is 32.9 Å². The lowest BCUT2D eigenvalue weighted by Crippen LogP contribution is -2.27. The molecule has 1 aromatic heterocycles. The summed E-state index contributed by atoms with van der Waals surface area (Å²) < 4.78 is 37.3. The predicted molar refractivity (Wildman–Crippen MR) is 78.7 cm³/mol. The number of ether oxygens (including phenoxy) is 1. The van der Waals surface area contributed by atoms with Gasteiger partial charge in [-0.25, -0.2) is 18.4 Å². The van der Waals surface area contributed by atoms with Gasteiger partial charge in [0.15, 0.2) is 23.1 Å². The molecule has 7 nitrogen and oxygen atoms in total. The molecule has 2 rings (SSSR count). The average molecular weight is 340 g/mol. The van der Waals surface area contributed by atoms with Crippen LogP contribution in [0.25, 0.3) is 11.3 Å². The number of amides is 1. The molecule has 24 heavy (non-hydrogen) atoms. The molecule has 0 saturated carbocycles. The number of hydrogen-bond acceptors (Lipinski definition) is 5. The highest BCUT2D eigenvalue weighted by atomic mass is 19.2. The van der Waals surface area contributed by atoms with E-state index in [0.717, 1.165) is 18.2 Å². The fourth-order valence-electron chi connectivity index (χ4n) is 1.75. The molecular formula is C15H14F2N2O5. The van der Waals surface area contributed by atoms with E-state index < -0.39 is 40.7 Å². The first-order valence-corrected chi connectivity index (χ1v) is 6.76. The zero-order valence-electron chi connectivity index (χ0n) is 13.0. The average Bonchev–Trinajstić information content (AvgIpc) is 2.91. The summed E-state index contributed by atoms with van der Waals surface area (Å²) in [6.07, 6.45) is -0.971. The summed E-state index contributed by atoms with van der Waals surface area (Å²) in [7, 11) is 0. The first-order valence-electron chi connectivity index (χ1n) is 6.76. The second-order valence-corrected chi connectivity index (χ2v) is 5.83. The van der Waals surface area contributed by atoms with Gasteiger partial charge in [-0.2, -0.15) is 0 Å². The van der Waals surface area contributed by atoms with Crippen molar-refractivity contribution in [1.29, 1.82) is 0 Å². The monoisotopic (exact) mass is 340 g/mol. The van der Waals surface area contributed by atoms with Crippen molar-refractivity contribution in [2.24, 2.45) is 0 Å². The zero-order valence-corrected chi connectivity index (χ0v) is 13.0. The van der Waals surface area contributed by atoms with Crippen LogP contribution in [-0.4, -0.2) is 27.9 Å². The van der Waals surface area contributed by atoms with Gasteiger partial charge >= 0.3 is 12.1 Å². The Labute approximate surface area is 135 Å². The highest BCUT2D eigenvalue weighted by molar-refractivity contribution is 5.88. The van der Waals surface area contributed by atoms with Gasteiger partial charge in [0.05, 0.1) is 5.69 Å². The Bertz CT molecular complexity index is 796. The Morgan fingerprint density at radius 3 is 2.46 bits per heavy atom. The van der Waals surface area contributed by atoms with Gasteiger partial charge in [-0.1, -0.05) is 5.16 Å². The van der Waals surface area contributed by atoms with Crippen LogP contribution in [0.4, 0.5) is 19.3 Å². The maximum absolute atomic E-state index is 13.8. The number of nitrogens with one attached hydrogen (secondary N) is 1. The van der Waals surface area contributed by atoms with Crippen LogP contribution >= 0.6 is 0 Å². The molecule has 0 spiro atoms. The van der Waals surface area contributed by atoms with Crippen molar-refractivity contribution in [2.45, 2.75) is 26.4 Å². The molecule has 2 N–H and O–H groups in total. The van der Waals surface area contributed by atoms with Crippen LogP contribution in [0.15, 0.2) is 22.7 Å². The summed E-state index contributed by atoms with van der Waals surface area (Å²) in [6, 6.07) is 2.92. The molecule has 0 unspecified atom stereocenters. The number of anilines is 1. The lowest BCUT2D eigenvalue weighted by molar-refractivity contribution is 0.0633. The fraction of sp³-hybridized carbons (Fsp3) is 0.267. The maximum atomic E-state index is 13.8. The first kappa shape index (κ1) is 17.4. The molecule has 1 aromatic carbocycles. The number of carbonyl (C=O) groups excluding carboxylic acids is 1. The van der Waals surface area contributed by atoms with E-state index in [4.69, 9.17) is 14.4 Å². The molecule has 0 fully saturated rings. The molecule has 128 valence electrons. The number of aromatic carboxylic acids is 1. The standard InChI is InChI=1S/C15H14F2N2O5/c1-15(2,3)23-14(22)18-9-5-7(4-8(16)12(9)17)11-6-10(13(20)21)19-24-11/h4-6H,1-3H3,(H,18,22)(H,20,21). The summed E-state index contributed by atoms with van der Waals surface area (Å²) in [6.45, 7) is 4.84. The van der Waals surface area contributed by atoms with Crippen molar-refractivity contribution in [3.63, 3.8) is 0 Å². The summed E-state index contributed by atoms with van der Waals surface area (Å²) >= 11 is 0. The predicted octanol–water partition coefficient (Wildman–Crippen LogP) is 3.67. The summed E-state index contributed by atoms with van der Waals surface area (Å²) in [4.78, 5) is 22.5. The Hall–Kier alpha value is -2.97. The minimum Gasteiger partial charge on any atom is -0.476 e. The number of hydrogen-bond donors (Lipinski definition) is 2. The SMILES string of the molecule is CC(C)(C)OC(=O)Nc1cc(-c2cc(C(=O)O)no2)cc(F)c1F. The lowest BCUT2D eigenvalue weighted by Gasteiger charge is -2.20. The van der Waals surface area contributed by atoms with Crippen molar-refractivity contribution >= 4 is 17.7 Å². The molecule has 0 bridgehead atoms. The molecule has 0 atom stereocenters. The summed E-state index contributed by atoms with van der Waals surface area (Å²) in [5.74, 6) is -3.98. The van der Waals surface area contributed by atoms with E-state index in [2.05, 4.69) is 10.5 Å². The van der Waals surface area contributed by atoms with Crippen molar-refractivity contribution in [3.8, 4) is 11.3 Å². The smallest absolute Gasteiger partial charge is 0.412 e. The number of nitrogens with zero attached hydrogens (tertiary/aromatic N) is 1. The Balaban J connectivity index is 2.34. The number of carboxylic acids is 1. The zero-order chi connectivity index (χ0) is 18.1.